The van der Waals surface area contributed by atoms with E-state index in [9.17, 15) is 4.79 Å². The van der Waals surface area contributed by atoms with Gasteiger partial charge in [-0.15, -0.1) is 11.3 Å². The van der Waals surface area contributed by atoms with E-state index in [1.165, 1.54) is 0 Å². The van der Waals surface area contributed by atoms with Crippen LogP contribution in [0.5, 0.6) is 0 Å². The Bertz CT molecular complexity index is 620. The molecule has 6 heteroatoms. The van der Waals surface area contributed by atoms with Gasteiger partial charge in [-0.2, -0.15) is 0 Å². The lowest BCUT2D eigenvalue weighted by Crippen LogP contribution is -2.36. The van der Waals surface area contributed by atoms with Crippen molar-refractivity contribution in [3.8, 4) is 0 Å². The van der Waals surface area contributed by atoms with Gasteiger partial charge in [-0.3, -0.25) is 4.79 Å². The van der Waals surface area contributed by atoms with Crippen LogP contribution in [-0.4, -0.2) is 35.9 Å². The Hall–Kier alpha value is -1.82. The molecule has 5 nitrogen and oxygen atoms in total. The number of carbonyl (C=O) groups excluding carboxylic acids is 1. The predicted octanol–water partition coefficient (Wildman–Crippen LogP) is 2.08. The molecule has 102 valence electrons. The van der Waals surface area contributed by atoms with Crippen LogP contribution in [0.1, 0.15) is 11.9 Å². The molecular weight excluding hydrogens is 260 g/mol. The molecule has 19 heavy (non-hydrogen) atoms. The molecule has 0 fully saturated rings. The Kier molecular flexibility index (Phi) is 3.61. The zero-order valence-corrected chi connectivity index (χ0v) is 12.3. The van der Waals surface area contributed by atoms with E-state index in [2.05, 4.69) is 10.3 Å². The first-order chi connectivity index (χ1) is 8.88. The summed E-state index contributed by atoms with van der Waals surface area (Å²) in [5.74, 6) is 0.00829. The van der Waals surface area contributed by atoms with E-state index in [-0.39, 0.29) is 11.9 Å². The number of nitrogens with two attached hydrogens (primary N) is 1. The fourth-order valence-corrected chi connectivity index (χ4v) is 2.77. The van der Waals surface area contributed by atoms with E-state index in [0.717, 1.165) is 20.9 Å². The number of nitrogen functional groups attached to an aromatic ring is 1. The van der Waals surface area contributed by atoms with Crippen molar-refractivity contribution in [3.63, 3.8) is 0 Å². The molecule has 1 unspecified atom stereocenters. The summed E-state index contributed by atoms with van der Waals surface area (Å²) >= 11 is 1.61. The standard InChI is InChI=1S/C13H18N4OS/c1-7(13(18)17(3)4)15-10-6-11-12(5-9(10)14)19-8(2)16-11/h5-7,15H,14H2,1-4H3. The van der Waals surface area contributed by atoms with Gasteiger partial charge in [-0.1, -0.05) is 0 Å². The predicted molar refractivity (Wildman–Crippen MR) is 80.5 cm³/mol. The highest BCUT2D eigenvalue weighted by atomic mass is 32.1. The van der Waals surface area contributed by atoms with Crippen molar-refractivity contribution in [2.75, 3.05) is 25.1 Å². The number of aromatic nitrogens is 1. The Morgan fingerprint density at radius 3 is 2.79 bits per heavy atom. The van der Waals surface area contributed by atoms with Crippen molar-refractivity contribution in [2.45, 2.75) is 19.9 Å². The van der Waals surface area contributed by atoms with E-state index in [0.29, 0.717) is 5.69 Å². The number of hydrogen-bond acceptors (Lipinski definition) is 5. The SMILES string of the molecule is Cc1nc2cc(NC(C)C(=O)N(C)C)c(N)cc2s1. The van der Waals surface area contributed by atoms with Crippen molar-refractivity contribution in [1.82, 2.24) is 9.88 Å². The molecule has 1 aromatic carbocycles. The van der Waals surface area contributed by atoms with Gasteiger partial charge in [0.1, 0.15) is 6.04 Å². The second-order valence-electron chi connectivity index (χ2n) is 4.74. The van der Waals surface area contributed by atoms with Gasteiger partial charge in [0.25, 0.3) is 0 Å². The third kappa shape index (κ3) is 2.78. The van der Waals surface area contributed by atoms with Gasteiger partial charge in [0.05, 0.1) is 26.6 Å². The maximum Gasteiger partial charge on any atom is 0.244 e. The second kappa shape index (κ2) is 5.05. The number of thiazole rings is 1. The highest BCUT2D eigenvalue weighted by molar-refractivity contribution is 7.18. The minimum absolute atomic E-state index is 0.00829. The molecular formula is C13H18N4OS. The molecule has 0 saturated carbocycles. The van der Waals surface area contributed by atoms with Gasteiger partial charge in [0.2, 0.25) is 5.91 Å². The number of nitrogens with zero attached hydrogens (tertiary/aromatic N) is 2. The van der Waals surface area contributed by atoms with E-state index in [4.69, 9.17) is 5.73 Å². The lowest BCUT2D eigenvalue weighted by Gasteiger charge is -2.19. The zero-order valence-electron chi connectivity index (χ0n) is 11.5. The largest absolute Gasteiger partial charge is 0.397 e. The smallest absolute Gasteiger partial charge is 0.244 e. The van der Waals surface area contributed by atoms with E-state index in [1.54, 1.807) is 30.3 Å². The molecule has 1 atom stereocenters. The maximum atomic E-state index is 11.8. The Morgan fingerprint density at radius 1 is 1.47 bits per heavy atom. The number of hydrogen-bond donors (Lipinski definition) is 2. The summed E-state index contributed by atoms with van der Waals surface area (Å²) in [6, 6.07) is 3.47. The van der Waals surface area contributed by atoms with Crippen LogP contribution >= 0.6 is 11.3 Å². The fourth-order valence-electron chi connectivity index (χ4n) is 1.91. The van der Waals surface area contributed by atoms with E-state index >= 15 is 0 Å². The molecule has 0 bridgehead atoms. The number of rotatable bonds is 3. The number of fused-ring (bicyclic) bond motifs is 1. The summed E-state index contributed by atoms with van der Waals surface area (Å²) in [6.45, 7) is 3.78. The molecule has 0 aliphatic heterocycles. The van der Waals surface area contributed by atoms with Crippen molar-refractivity contribution < 1.29 is 4.79 Å². The summed E-state index contributed by atoms with van der Waals surface area (Å²) in [4.78, 5) is 17.8. The maximum absolute atomic E-state index is 11.8. The van der Waals surface area contributed by atoms with Gasteiger partial charge in [-0.05, 0) is 26.0 Å². The van der Waals surface area contributed by atoms with Gasteiger partial charge >= 0.3 is 0 Å². The molecule has 2 aromatic rings. The molecule has 2 rings (SSSR count). The third-order valence-corrected chi connectivity index (χ3v) is 3.78. The molecule has 3 N–H and O–H groups in total. The average molecular weight is 278 g/mol. The topological polar surface area (TPSA) is 71.2 Å². The number of aryl methyl sites for hydroxylation is 1. The van der Waals surface area contributed by atoms with Crippen LogP contribution in [0.2, 0.25) is 0 Å². The number of anilines is 2. The molecule has 1 heterocycles. The molecule has 1 amide bonds. The number of likely N-dealkylation sites (N-methyl/N-ethyl adjacent to an activating group) is 1. The average Bonchev–Trinajstić information content (AvgIpc) is 2.67. The summed E-state index contributed by atoms with van der Waals surface area (Å²) in [5.41, 5.74) is 8.30. The van der Waals surface area contributed by atoms with Crippen molar-refractivity contribution >= 4 is 38.8 Å². The Balaban J connectivity index is 2.29. The van der Waals surface area contributed by atoms with Crippen molar-refractivity contribution in [2.24, 2.45) is 0 Å². The number of carbonyl (C=O) groups is 1. The second-order valence-corrected chi connectivity index (χ2v) is 5.97. The molecule has 0 spiro atoms. The van der Waals surface area contributed by atoms with Crippen LogP contribution in [0.3, 0.4) is 0 Å². The van der Waals surface area contributed by atoms with Crippen molar-refractivity contribution in [1.29, 1.82) is 0 Å². The minimum atomic E-state index is -0.325. The normalized spacial score (nSPS) is 12.4. The Morgan fingerprint density at radius 2 is 2.16 bits per heavy atom. The summed E-state index contributed by atoms with van der Waals surface area (Å²) in [7, 11) is 3.47. The molecule has 0 aliphatic rings. The summed E-state index contributed by atoms with van der Waals surface area (Å²) in [6.07, 6.45) is 0. The number of amides is 1. The number of benzene rings is 1. The van der Waals surface area contributed by atoms with Crippen LogP contribution < -0.4 is 11.1 Å². The minimum Gasteiger partial charge on any atom is -0.397 e. The fraction of sp³-hybridized carbons (Fsp3) is 0.385. The van der Waals surface area contributed by atoms with Crippen LogP contribution in [0.15, 0.2) is 12.1 Å². The highest BCUT2D eigenvalue weighted by Crippen LogP contribution is 2.30. The molecule has 0 radical (unpaired) electrons. The van der Waals surface area contributed by atoms with Crippen LogP contribution in [-0.2, 0) is 4.79 Å². The van der Waals surface area contributed by atoms with Crippen LogP contribution in [0.25, 0.3) is 10.2 Å². The monoisotopic (exact) mass is 278 g/mol. The van der Waals surface area contributed by atoms with Gasteiger partial charge < -0.3 is 16.0 Å². The van der Waals surface area contributed by atoms with E-state index in [1.807, 2.05) is 26.0 Å². The molecule has 0 aliphatic carbocycles. The highest BCUT2D eigenvalue weighted by Gasteiger charge is 2.16. The van der Waals surface area contributed by atoms with Gasteiger partial charge in [0, 0.05) is 14.1 Å². The molecule has 1 aromatic heterocycles. The lowest BCUT2D eigenvalue weighted by molar-refractivity contribution is -0.129. The van der Waals surface area contributed by atoms with Gasteiger partial charge in [0.15, 0.2) is 0 Å². The van der Waals surface area contributed by atoms with E-state index < -0.39 is 0 Å². The van der Waals surface area contributed by atoms with Crippen LogP contribution in [0.4, 0.5) is 11.4 Å². The van der Waals surface area contributed by atoms with Gasteiger partial charge in [-0.25, -0.2) is 4.98 Å². The molecule has 0 saturated heterocycles. The lowest BCUT2D eigenvalue weighted by atomic mass is 10.2. The zero-order chi connectivity index (χ0) is 14.2. The van der Waals surface area contributed by atoms with Crippen LogP contribution in [0, 0.1) is 6.92 Å². The quantitative estimate of drug-likeness (QED) is 0.843. The first kappa shape index (κ1) is 13.6. The Labute approximate surface area is 116 Å². The summed E-state index contributed by atoms with van der Waals surface area (Å²) in [5, 5.41) is 4.14. The van der Waals surface area contributed by atoms with Crippen molar-refractivity contribution in [3.05, 3.63) is 17.1 Å². The first-order valence-electron chi connectivity index (χ1n) is 6.03. The number of nitrogens with one attached hydrogen (secondary N) is 1. The summed E-state index contributed by atoms with van der Waals surface area (Å²) < 4.78 is 1.06. The third-order valence-electron chi connectivity index (χ3n) is 2.85. The first-order valence-corrected chi connectivity index (χ1v) is 6.84.